The number of carbonyl (C=O) groups is 2. The third-order valence-corrected chi connectivity index (χ3v) is 13.1. The first kappa shape index (κ1) is 37.6. The predicted molar refractivity (Wildman–Crippen MR) is 193 cm³/mol. The fourth-order valence-electron chi connectivity index (χ4n) is 7.78. The smallest absolute Gasteiger partial charge is 0.229 e. The molecule has 4 bridgehead atoms. The lowest BCUT2D eigenvalue weighted by atomic mass is 9.63. The zero-order valence-corrected chi connectivity index (χ0v) is 29.8. The fourth-order valence-corrected chi connectivity index (χ4v) is 10.7. The van der Waals surface area contributed by atoms with E-state index in [9.17, 15) is 40.2 Å². The molecule has 0 amide bonds. The SMILES string of the molecule is COc1cc2c3c(O)c(c(C)cc3c1CO)C(=O)CCSS[C@H](Cc1ccccc1)[C@@H]1[C@H](CC=O)[C@@H](N)C=C[C@@]1(O)[C@H]1O[C@H](O2)[C@H](O)[C@@H](O)[C@@H]1O. The molecule has 1 saturated heterocycles. The number of phenols is 1. The monoisotopic (exact) mass is 741 g/mol. The summed E-state index contributed by atoms with van der Waals surface area (Å²) in [6.45, 7) is 1.19. The summed E-state index contributed by atoms with van der Waals surface area (Å²) in [5.41, 5.74) is 6.28. The van der Waals surface area contributed by atoms with Gasteiger partial charge in [0.1, 0.15) is 53.6 Å². The van der Waals surface area contributed by atoms with E-state index >= 15 is 0 Å². The number of ketones is 1. The minimum absolute atomic E-state index is 0.0242. The number of ether oxygens (including phenoxy) is 3. The van der Waals surface area contributed by atoms with Crippen molar-refractivity contribution in [2.75, 3.05) is 12.9 Å². The Labute approximate surface area is 303 Å². The minimum Gasteiger partial charge on any atom is -0.506 e. The van der Waals surface area contributed by atoms with Crippen LogP contribution < -0.4 is 15.2 Å². The van der Waals surface area contributed by atoms with Crippen molar-refractivity contribution in [1.82, 2.24) is 0 Å². The lowest BCUT2D eigenvalue weighted by Crippen LogP contribution is -2.69. The summed E-state index contributed by atoms with van der Waals surface area (Å²) < 4.78 is 18.0. The Balaban J connectivity index is 1.55. The average Bonchev–Trinajstić information content (AvgIpc) is 3.11. The molecule has 10 atom stereocenters. The maximum Gasteiger partial charge on any atom is 0.229 e. The van der Waals surface area contributed by atoms with E-state index in [1.165, 1.54) is 40.8 Å². The van der Waals surface area contributed by atoms with E-state index in [-0.39, 0.29) is 41.1 Å². The van der Waals surface area contributed by atoms with Crippen molar-refractivity contribution >= 4 is 44.4 Å². The Bertz CT molecular complexity index is 1790. The summed E-state index contributed by atoms with van der Waals surface area (Å²) in [5.74, 6) is -1.85. The standard InChI is InChI=1S/C37H43NO11S2/c1-18-14-21-22(17-40)25(47-2)16-26-29(21)31(42)28(18)24(41)10-13-50-51-27(15-19-6-4-3-5-7-19)30-20(9-12-39)23(38)8-11-37(30,46)35-33(44)32(43)34(45)36(48-26)49-35/h3-8,11-12,14,16,20,23,27,30,32-36,40,42-46H,9-10,13,15,17,38H2,1-2H3/t20-,23+,27-,30+,32+,33+,34-,35+,36+,37+/m1/s1. The molecule has 1 aliphatic carbocycles. The van der Waals surface area contributed by atoms with Crippen LogP contribution in [0.1, 0.15) is 39.9 Å². The molecule has 0 radical (unpaired) electrons. The minimum atomic E-state index is -2.06. The quantitative estimate of drug-likeness (QED) is 0.110. The van der Waals surface area contributed by atoms with Crippen molar-refractivity contribution in [3.8, 4) is 17.2 Å². The largest absolute Gasteiger partial charge is 0.506 e. The second-order valence-electron chi connectivity index (χ2n) is 13.3. The number of fused-ring (bicyclic) bond motifs is 5. The van der Waals surface area contributed by atoms with Gasteiger partial charge in [0.2, 0.25) is 6.29 Å². The van der Waals surface area contributed by atoms with E-state index < -0.39 is 71.8 Å². The van der Waals surface area contributed by atoms with Crippen LogP contribution in [0.25, 0.3) is 10.8 Å². The molecule has 0 spiro atoms. The van der Waals surface area contributed by atoms with E-state index in [0.29, 0.717) is 28.7 Å². The van der Waals surface area contributed by atoms with Crippen molar-refractivity contribution in [1.29, 1.82) is 0 Å². The number of phenolic OH excluding ortho intramolecular Hbond substituents is 1. The van der Waals surface area contributed by atoms with Crippen LogP contribution in [0.2, 0.25) is 0 Å². The van der Waals surface area contributed by atoms with Gasteiger partial charge in [-0.05, 0) is 41.8 Å². The maximum absolute atomic E-state index is 13.8. The summed E-state index contributed by atoms with van der Waals surface area (Å²) >= 11 is 0. The Morgan fingerprint density at radius 1 is 1.12 bits per heavy atom. The first-order valence-electron chi connectivity index (χ1n) is 16.7. The summed E-state index contributed by atoms with van der Waals surface area (Å²) in [6.07, 6.45) is -4.74. The lowest BCUT2D eigenvalue weighted by molar-refractivity contribution is -0.306. The number of aromatic hydroxyl groups is 1. The third-order valence-electron chi connectivity index (χ3n) is 10.3. The molecule has 0 saturated carbocycles. The highest BCUT2D eigenvalue weighted by Gasteiger charge is 2.59. The number of carbonyl (C=O) groups excluding carboxylic acids is 2. The number of nitrogens with two attached hydrogens (primary N) is 1. The zero-order chi connectivity index (χ0) is 36.6. The highest BCUT2D eigenvalue weighted by atomic mass is 33.1. The second kappa shape index (κ2) is 15.4. The molecule has 6 rings (SSSR count). The number of aliphatic hydroxyl groups excluding tert-OH is 4. The molecule has 1 fully saturated rings. The van der Waals surface area contributed by atoms with Crippen molar-refractivity contribution in [3.63, 3.8) is 0 Å². The Kier molecular flexibility index (Phi) is 11.4. The summed E-state index contributed by atoms with van der Waals surface area (Å²) in [6, 6.07) is 11.9. The van der Waals surface area contributed by atoms with Gasteiger partial charge in [-0.2, -0.15) is 0 Å². The summed E-state index contributed by atoms with van der Waals surface area (Å²) in [7, 11) is 4.17. The first-order chi connectivity index (χ1) is 24.4. The van der Waals surface area contributed by atoms with Crippen LogP contribution in [-0.2, 0) is 22.6 Å². The van der Waals surface area contributed by atoms with E-state index in [1.807, 2.05) is 30.3 Å². The topological polar surface area (TPSA) is 209 Å². The van der Waals surface area contributed by atoms with Gasteiger partial charge in [0, 0.05) is 47.4 Å². The van der Waals surface area contributed by atoms with Crippen LogP contribution in [-0.4, -0.2) is 103 Å². The average molecular weight is 742 g/mol. The number of aliphatic hydroxyl groups is 5. The normalized spacial score (nSPS) is 32.7. The number of aryl methyl sites for hydroxylation is 1. The van der Waals surface area contributed by atoms with Gasteiger partial charge in [-0.3, -0.25) is 4.79 Å². The van der Waals surface area contributed by atoms with Crippen molar-refractivity contribution in [2.24, 2.45) is 17.6 Å². The van der Waals surface area contributed by atoms with Gasteiger partial charge in [0.15, 0.2) is 5.78 Å². The number of hydrogen-bond acceptors (Lipinski definition) is 14. The number of aldehydes is 1. The van der Waals surface area contributed by atoms with Gasteiger partial charge < -0.3 is 55.4 Å². The summed E-state index contributed by atoms with van der Waals surface area (Å²) in [5, 5.41) is 68.7. The molecule has 2 heterocycles. The molecule has 274 valence electrons. The molecule has 0 aromatic heterocycles. The predicted octanol–water partition coefficient (Wildman–Crippen LogP) is 2.57. The highest BCUT2D eigenvalue weighted by molar-refractivity contribution is 8.76. The van der Waals surface area contributed by atoms with Gasteiger partial charge in [-0.25, -0.2) is 0 Å². The van der Waals surface area contributed by atoms with Crippen LogP contribution in [0.3, 0.4) is 0 Å². The first-order valence-corrected chi connectivity index (χ1v) is 19.1. The van der Waals surface area contributed by atoms with E-state index in [4.69, 9.17) is 19.9 Å². The van der Waals surface area contributed by atoms with Gasteiger partial charge in [-0.1, -0.05) is 64.1 Å². The molecule has 2 aliphatic heterocycles. The Morgan fingerprint density at radius 2 is 1.86 bits per heavy atom. The number of Topliss-reactive ketones (excluding diaryl/α,β-unsaturated/α-hetero) is 1. The van der Waals surface area contributed by atoms with Crippen molar-refractivity contribution < 1.29 is 54.4 Å². The van der Waals surface area contributed by atoms with Crippen LogP contribution in [0.15, 0.2) is 54.6 Å². The molecule has 14 heteroatoms. The molecule has 3 aromatic rings. The van der Waals surface area contributed by atoms with Crippen molar-refractivity contribution in [3.05, 3.63) is 76.9 Å². The van der Waals surface area contributed by atoms with Crippen LogP contribution in [0.5, 0.6) is 17.2 Å². The number of hydrogen-bond donors (Lipinski definition) is 7. The molecule has 8 N–H and O–H groups in total. The Morgan fingerprint density at radius 3 is 2.55 bits per heavy atom. The van der Waals surface area contributed by atoms with Crippen molar-refractivity contribution in [2.45, 2.75) is 80.4 Å². The molecule has 3 aromatic carbocycles. The number of benzene rings is 3. The molecule has 0 unspecified atom stereocenters. The second-order valence-corrected chi connectivity index (χ2v) is 16.0. The molecule has 3 aliphatic rings. The third kappa shape index (κ3) is 6.89. The molecule has 12 nitrogen and oxygen atoms in total. The van der Waals surface area contributed by atoms with Gasteiger partial charge in [0.05, 0.1) is 24.7 Å². The molecular formula is C37H43NO11S2. The maximum atomic E-state index is 13.8. The van der Waals surface area contributed by atoms with E-state index in [0.717, 1.165) is 11.8 Å². The lowest BCUT2D eigenvalue weighted by Gasteiger charge is -2.53. The number of methoxy groups -OCH3 is 1. The van der Waals surface area contributed by atoms with Crippen LogP contribution in [0, 0.1) is 18.8 Å². The van der Waals surface area contributed by atoms with Crippen LogP contribution in [0.4, 0.5) is 0 Å². The fraction of sp³-hybridized carbons (Fsp3) is 0.459. The number of rotatable bonds is 6. The van der Waals surface area contributed by atoms with Gasteiger partial charge >= 0.3 is 0 Å². The van der Waals surface area contributed by atoms with Gasteiger partial charge in [0.25, 0.3) is 0 Å². The van der Waals surface area contributed by atoms with Gasteiger partial charge in [-0.15, -0.1) is 0 Å². The summed E-state index contributed by atoms with van der Waals surface area (Å²) in [4.78, 5) is 25.9. The van der Waals surface area contributed by atoms with E-state index in [2.05, 4.69) is 0 Å². The highest BCUT2D eigenvalue weighted by Crippen LogP contribution is 2.50. The molecule has 51 heavy (non-hydrogen) atoms. The zero-order valence-electron chi connectivity index (χ0n) is 28.1. The molecular weight excluding hydrogens is 699 g/mol. The van der Waals surface area contributed by atoms with Crippen LogP contribution >= 0.6 is 21.6 Å². The van der Waals surface area contributed by atoms with E-state index in [1.54, 1.807) is 19.1 Å². The Hall–Kier alpha value is -3.18.